The largest absolute Gasteiger partial charge is 0.465 e. The first kappa shape index (κ1) is 19.9. The van der Waals surface area contributed by atoms with Crippen LogP contribution in [-0.4, -0.2) is 24.9 Å². The number of hydrogen-bond acceptors (Lipinski definition) is 4. The minimum absolute atomic E-state index is 0.130. The van der Waals surface area contributed by atoms with Crippen LogP contribution in [0.2, 0.25) is 0 Å². The molecule has 1 aliphatic carbocycles. The Balaban J connectivity index is 1.46. The number of ether oxygens (including phenoxy) is 1. The van der Waals surface area contributed by atoms with E-state index in [1.807, 2.05) is 42.5 Å². The molecule has 1 aliphatic heterocycles. The fraction of sp³-hybridized carbons (Fsp3) is 0.292. The van der Waals surface area contributed by atoms with Gasteiger partial charge in [0.25, 0.3) is 5.91 Å². The van der Waals surface area contributed by atoms with E-state index in [0.717, 1.165) is 17.6 Å². The summed E-state index contributed by atoms with van der Waals surface area (Å²) in [5.41, 5.74) is 2.93. The number of amides is 2. The quantitative estimate of drug-likeness (QED) is 0.422. The second-order valence-corrected chi connectivity index (χ2v) is 8.07. The molecule has 2 aromatic rings. The molecule has 30 heavy (non-hydrogen) atoms. The Morgan fingerprint density at radius 3 is 2.63 bits per heavy atom. The Hall–Kier alpha value is -3.41. The third-order valence-electron chi connectivity index (χ3n) is 6.07. The van der Waals surface area contributed by atoms with Gasteiger partial charge in [-0.2, -0.15) is 0 Å². The van der Waals surface area contributed by atoms with Gasteiger partial charge < -0.3 is 15.4 Å². The van der Waals surface area contributed by atoms with E-state index in [2.05, 4.69) is 17.2 Å². The maximum atomic E-state index is 12.7. The van der Waals surface area contributed by atoms with Crippen LogP contribution in [0.4, 0.5) is 5.69 Å². The lowest BCUT2D eigenvalue weighted by Gasteiger charge is -2.24. The number of fused-ring (bicyclic) bond motifs is 1. The fourth-order valence-electron chi connectivity index (χ4n) is 4.58. The number of rotatable bonds is 7. The average Bonchev–Trinajstić information content (AvgIpc) is 3.22. The number of hydrogen-bond donors (Lipinski definition) is 2. The Morgan fingerprint density at radius 2 is 1.93 bits per heavy atom. The lowest BCUT2D eigenvalue weighted by molar-refractivity contribution is -0.146. The van der Waals surface area contributed by atoms with Crippen molar-refractivity contribution in [2.45, 2.75) is 25.3 Å². The monoisotopic (exact) mass is 404 g/mol. The lowest BCUT2D eigenvalue weighted by Crippen LogP contribution is -2.32. The van der Waals surface area contributed by atoms with Crippen LogP contribution in [0.25, 0.3) is 0 Å². The van der Waals surface area contributed by atoms with Crippen LogP contribution < -0.4 is 10.6 Å². The first-order valence-corrected chi connectivity index (χ1v) is 10.00. The van der Waals surface area contributed by atoms with Crippen LogP contribution in [0.1, 0.15) is 30.0 Å². The number of nitrogens with one attached hydrogen (secondary N) is 2. The first-order chi connectivity index (χ1) is 14.5. The van der Waals surface area contributed by atoms with E-state index in [0.29, 0.717) is 37.1 Å². The van der Waals surface area contributed by atoms with Crippen molar-refractivity contribution < 1.29 is 19.1 Å². The van der Waals surface area contributed by atoms with E-state index in [1.165, 1.54) is 0 Å². The predicted octanol–water partition coefficient (Wildman–Crippen LogP) is 3.16. The first-order valence-electron chi connectivity index (χ1n) is 10.00. The summed E-state index contributed by atoms with van der Waals surface area (Å²) in [5.74, 6) is -0.265. The van der Waals surface area contributed by atoms with E-state index in [9.17, 15) is 14.4 Å². The van der Waals surface area contributed by atoms with E-state index in [-0.39, 0.29) is 17.8 Å². The van der Waals surface area contributed by atoms with Crippen molar-refractivity contribution in [2.75, 3.05) is 11.9 Å². The van der Waals surface area contributed by atoms with Crippen molar-refractivity contribution in [3.63, 3.8) is 0 Å². The van der Waals surface area contributed by atoms with Crippen LogP contribution in [0, 0.1) is 11.3 Å². The molecular weight excluding hydrogens is 380 g/mol. The van der Waals surface area contributed by atoms with E-state index in [4.69, 9.17) is 4.74 Å². The molecule has 4 rings (SSSR count). The molecule has 0 radical (unpaired) electrons. The van der Waals surface area contributed by atoms with Crippen molar-refractivity contribution in [2.24, 2.45) is 11.3 Å². The van der Waals surface area contributed by atoms with E-state index < -0.39 is 11.5 Å². The van der Waals surface area contributed by atoms with Crippen molar-refractivity contribution in [1.82, 2.24) is 5.32 Å². The highest BCUT2D eigenvalue weighted by atomic mass is 16.5. The van der Waals surface area contributed by atoms with Crippen molar-refractivity contribution >= 4 is 24.0 Å². The van der Waals surface area contributed by atoms with Gasteiger partial charge in [-0.3, -0.25) is 14.4 Å². The van der Waals surface area contributed by atoms with Crippen molar-refractivity contribution in [3.8, 4) is 0 Å². The third kappa shape index (κ3) is 3.73. The van der Waals surface area contributed by atoms with E-state index >= 15 is 0 Å². The highest BCUT2D eigenvalue weighted by Crippen LogP contribution is 2.52. The molecular formula is C24H24N2O4. The van der Waals surface area contributed by atoms with Gasteiger partial charge in [-0.05, 0) is 42.5 Å². The standard InChI is InChI=1S/C24H24N2O4/c1-16-11-19-14-30-23(29)24(19,12-16)13-17-7-9-20(10-8-17)26-22(28)21(25-15-27)18-5-3-2-4-6-18/h2-10,15,19,21H,1,11-14H2,(H,25,27)(H,26,28). The molecule has 3 unspecified atom stereocenters. The molecule has 1 heterocycles. The van der Waals surface area contributed by atoms with Gasteiger partial charge in [-0.15, -0.1) is 0 Å². The summed E-state index contributed by atoms with van der Waals surface area (Å²) < 4.78 is 5.34. The van der Waals surface area contributed by atoms with Gasteiger partial charge >= 0.3 is 5.97 Å². The van der Waals surface area contributed by atoms with Gasteiger partial charge in [0.15, 0.2) is 0 Å². The number of esters is 1. The smallest absolute Gasteiger partial charge is 0.313 e. The van der Waals surface area contributed by atoms with Gasteiger partial charge in [-0.1, -0.05) is 54.6 Å². The zero-order valence-electron chi connectivity index (χ0n) is 16.6. The molecule has 3 atom stereocenters. The maximum absolute atomic E-state index is 12.7. The van der Waals surface area contributed by atoms with Crippen molar-refractivity contribution in [1.29, 1.82) is 0 Å². The Morgan fingerprint density at radius 1 is 1.20 bits per heavy atom. The minimum atomic E-state index is -0.777. The molecule has 2 amide bonds. The number of anilines is 1. The van der Waals surface area contributed by atoms with Crippen LogP contribution in [0.5, 0.6) is 0 Å². The summed E-state index contributed by atoms with van der Waals surface area (Å²) in [5, 5.41) is 5.40. The molecule has 0 bridgehead atoms. The second-order valence-electron chi connectivity index (χ2n) is 8.07. The van der Waals surface area contributed by atoms with Crippen LogP contribution >= 0.6 is 0 Å². The molecule has 2 N–H and O–H groups in total. The number of allylic oxidation sites excluding steroid dienone is 1. The summed E-state index contributed by atoms with van der Waals surface area (Å²) in [6, 6.07) is 15.7. The molecule has 2 aliphatic rings. The molecule has 0 aromatic heterocycles. The summed E-state index contributed by atoms with van der Waals surface area (Å²) in [7, 11) is 0. The van der Waals surface area contributed by atoms with Crippen LogP contribution in [0.15, 0.2) is 66.7 Å². The molecule has 6 nitrogen and oxygen atoms in total. The van der Waals surface area contributed by atoms with Crippen LogP contribution in [-0.2, 0) is 25.5 Å². The van der Waals surface area contributed by atoms with Gasteiger partial charge in [0.2, 0.25) is 6.41 Å². The Bertz CT molecular complexity index is 970. The summed E-state index contributed by atoms with van der Waals surface area (Å²) in [6.07, 6.45) is 2.63. The fourth-order valence-corrected chi connectivity index (χ4v) is 4.58. The summed E-state index contributed by atoms with van der Waals surface area (Å²) in [6.45, 7) is 4.54. The summed E-state index contributed by atoms with van der Waals surface area (Å²) in [4.78, 5) is 36.1. The zero-order chi connectivity index (χ0) is 21.1. The molecule has 0 spiro atoms. The predicted molar refractivity (Wildman–Crippen MR) is 112 cm³/mol. The molecule has 2 fully saturated rings. The number of carbonyl (C=O) groups is 3. The highest BCUT2D eigenvalue weighted by molar-refractivity contribution is 5.96. The minimum Gasteiger partial charge on any atom is -0.465 e. The highest BCUT2D eigenvalue weighted by Gasteiger charge is 2.55. The lowest BCUT2D eigenvalue weighted by atomic mass is 9.75. The SMILES string of the molecule is C=C1CC2COC(=O)C2(Cc2ccc(NC(=O)C(NC=O)c3ccccc3)cc2)C1. The molecule has 154 valence electrons. The number of benzene rings is 2. The topological polar surface area (TPSA) is 84.5 Å². The molecule has 1 saturated heterocycles. The number of cyclic esters (lactones) is 1. The Labute approximate surface area is 175 Å². The third-order valence-corrected chi connectivity index (χ3v) is 6.07. The molecule has 6 heteroatoms. The van der Waals surface area contributed by atoms with Gasteiger partial charge in [0, 0.05) is 11.6 Å². The van der Waals surface area contributed by atoms with Crippen LogP contribution in [0.3, 0.4) is 0 Å². The normalized spacial score (nSPS) is 23.4. The number of carbonyl (C=O) groups excluding carboxylic acids is 3. The zero-order valence-corrected chi connectivity index (χ0v) is 16.6. The van der Waals surface area contributed by atoms with Gasteiger partial charge in [0.1, 0.15) is 6.04 Å². The second kappa shape index (κ2) is 8.14. The summed E-state index contributed by atoms with van der Waals surface area (Å²) >= 11 is 0. The molecule has 2 aromatic carbocycles. The van der Waals surface area contributed by atoms with Gasteiger partial charge in [0.05, 0.1) is 12.0 Å². The average molecular weight is 404 g/mol. The van der Waals surface area contributed by atoms with Gasteiger partial charge in [-0.25, -0.2) is 0 Å². The Kier molecular flexibility index (Phi) is 5.40. The molecule has 1 saturated carbocycles. The van der Waals surface area contributed by atoms with Crippen molar-refractivity contribution in [3.05, 3.63) is 77.9 Å². The maximum Gasteiger partial charge on any atom is 0.313 e. The van der Waals surface area contributed by atoms with E-state index in [1.54, 1.807) is 12.1 Å².